The van der Waals surface area contributed by atoms with Crippen LogP contribution in [0.3, 0.4) is 0 Å². The zero-order valence-electron chi connectivity index (χ0n) is 9.91. The van der Waals surface area contributed by atoms with Crippen molar-refractivity contribution in [1.82, 2.24) is 0 Å². The fourth-order valence-electron chi connectivity index (χ4n) is 1.65. The van der Waals surface area contributed by atoms with Crippen LogP contribution in [0.4, 0.5) is 17.6 Å². The molecule has 96 valence electrons. The molecule has 1 nitrogen and oxygen atoms in total. The maximum atomic E-state index is 13.4. The molecule has 0 spiro atoms. The first kappa shape index (κ1) is 14.2. The smallest absolute Gasteiger partial charge is 0.197 e. The van der Waals surface area contributed by atoms with E-state index in [1.807, 2.05) is 0 Å². The van der Waals surface area contributed by atoms with E-state index in [0.717, 1.165) is 0 Å². The average Bonchev–Trinajstić information content (AvgIpc) is 2.22. The predicted molar refractivity (Wildman–Crippen MR) is 59.1 cm³/mol. The van der Waals surface area contributed by atoms with Crippen molar-refractivity contribution in [2.24, 2.45) is 0 Å². The third-order valence-electron chi connectivity index (χ3n) is 2.33. The van der Waals surface area contributed by atoms with E-state index in [2.05, 4.69) is 0 Å². The van der Waals surface area contributed by atoms with Crippen molar-refractivity contribution >= 4 is 8.32 Å². The Hall–Kier alpha value is -0.883. The van der Waals surface area contributed by atoms with Gasteiger partial charge in [0.15, 0.2) is 31.6 Å². The number of rotatable bonds is 4. The number of hydrogen-bond acceptors (Lipinski definition) is 1. The molecule has 0 aliphatic carbocycles. The van der Waals surface area contributed by atoms with Gasteiger partial charge in [0.25, 0.3) is 0 Å². The lowest BCUT2D eigenvalue weighted by Gasteiger charge is -2.22. The van der Waals surface area contributed by atoms with Crippen molar-refractivity contribution in [2.45, 2.75) is 26.1 Å². The molecule has 0 unspecified atom stereocenters. The van der Waals surface area contributed by atoms with E-state index in [1.54, 1.807) is 20.0 Å². The molecular formula is C11H14F4OSi. The largest absolute Gasteiger partial charge is 0.417 e. The second-order valence-corrected chi connectivity index (χ2v) is 8.49. The summed E-state index contributed by atoms with van der Waals surface area (Å²) >= 11 is 0. The van der Waals surface area contributed by atoms with Gasteiger partial charge in [-0.25, -0.2) is 17.6 Å². The minimum absolute atomic E-state index is 0.0980. The topological polar surface area (TPSA) is 9.23 Å². The van der Waals surface area contributed by atoms with Crippen molar-refractivity contribution in [3.05, 3.63) is 34.9 Å². The zero-order chi connectivity index (χ0) is 13.2. The summed E-state index contributed by atoms with van der Waals surface area (Å²) in [4.78, 5) is 0. The fourth-order valence-corrected chi connectivity index (χ4v) is 3.71. The van der Waals surface area contributed by atoms with Crippen molar-refractivity contribution in [1.29, 1.82) is 0 Å². The highest BCUT2D eigenvalue weighted by molar-refractivity contribution is 6.70. The summed E-state index contributed by atoms with van der Waals surface area (Å²) in [5.74, 6) is -6.24. The molecule has 0 aliphatic rings. The molecule has 0 aromatic heterocycles. The lowest BCUT2D eigenvalue weighted by Crippen LogP contribution is -2.34. The lowest BCUT2D eigenvalue weighted by atomic mass is 10.2. The van der Waals surface area contributed by atoms with Gasteiger partial charge in [0.05, 0.1) is 0 Å². The monoisotopic (exact) mass is 266 g/mol. The van der Waals surface area contributed by atoms with Crippen LogP contribution in [-0.4, -0.2) is 14.9 Å². The quantitative estimate of drug-likeness (QED) is 0.350. The second kappa shape index (κ2) is 5.18. The number of benzene rings is 1. The number of hydrogen-bond donors (Lipinski definition) is 0. The maximum Gasteiger partial charge on any atom is 0.197 e. The number of halogens is 4. The maximum absolute atomic E-state index is 13.4. The Morgan fingerprint density at radius 1 is 1.06 bits per heavy atom. The minimum Gasteiger partial charge on any atom is -0.417 e. The van der Waals surface area contributed by atoms with E-state index in [9.17, 15) is 17.6 Å². The van der Waals surface area contributed by atoms with Gasteiger partial charge < -0.3 is 4.43 Å². The normalized spacial score (nSPS) is 11.9. The van der Waals surface area contributed by atoms with Crippen LogP contribution in [-0.2, 0) is 10.5 Å². The lowest BCUT2D eigenvalue weighted by molar-refractivity contribution is 0.327. The summed E-state index contributed by atoms with van der Waals surface area (Å²) in [6, 6.07) is 0.794. The summed E-state index contributed by atoms with van der Waals surface area (Å²) in [5, 5.41) is 0. The van der Waals surface area contributed by atoms with Gasteiger partial charge in [-0.15, -0.1) is 0 Å². The van der Waals surface area contributed by atoms with Gasteiger partial charge in [0.2, 0.25) is 0 Å². The zero-order valence-corrected chi connectivity index (χ0v) is 10.9. The van der Waals surface area contributed by atoms with E-state index in [-0.39, 0.29) is 11.6 Å². The highest BCUT2D eigenvalue weighted by Crippen LogP contribution is 2.22. The summed E-state index contributed by atoms with van der Waals surface area (Å²) in [6.07, 6.45) is 0. The van der Waals surface area contributed by atoms with Crippen LogP contribution >= 0.6 is 0 Å². The first-order valence-corrected chi connectivity index (χ1v) is 8.36. The SMILES string of the molecule is CCO[Si](C)(C)Cc1cc(F)c(F)c(F)c1F. The van der Waals surface area contributed by atoms with E-state index < -0.39 is 31.6 Å². The molecule has 0 saturated carbocycles. The predicted octanol–water partition coefficient (Wildman–Crippen LogP) is 3.57. The first-order valence-electron chi connectivity index (χ1n) is 5.24. The Bertz CT molecular complexity index is 420. The van der Waals surface area contributed by atoms with Gasteiger partial charge >= 0.3 is 0 Å². The Balaban J connectivity index is 3.08. The molecule has 0 N–H and O–H groups in total. The molecule has 0 radical (unpaired) electrons. The third-order valence-corrected chi connectivity index (χ3v) is 4.63. The van der Waals surface area contributed by atoms with Crippen molar-refractivity contribution < 1.29 is 22.0 Å². The van der Waals surface area contributed by atoms with Gasteiger partial charge in [-0.1, -0.05) is 0 Å². The van der Waals surface area contributed by atoms with Crippen LogP contribution in [0.1, 0.15) is 12.5 Å². The molecule has 0 aliphatic heterocycles. The minimum atomic E-state index is -2.23. The Labute approximate surface area is 98.5 Å². The van der Waals surface area contributed by atoms with Crippen LogP contribution < -0.4 is 0 Å². The molecule has 6 heteroatoms. The van der Waals surface area contributed by atoms with Crippen LogP contribution in [0.5, 0.6) is 0 Å². The molecule has 1 aromatic carbocycles. The molecule has 0 saturated heterocycles. The van der Waals surface area contributed by atoms with Gasteiger partial charge in [-0.2, -0.15) is 0 Å². The van der Waals surface area contributed by atoms with E-state index in [1.165, 1.54) is 0 Å². The molecule has 0 heterocycles. The third kappa shape index (κ3) is 3.29. The van der Waals surface area contributed by atoms with Crippen LogP contribution in [0, 0.1) is 23.3 Å². The van der Waals surface area contributed by atoms with Gasteiger partial charge in [-0.05, 0) is 37.7 Å². The van der Waals surface area contributed by atoms with Crippen molar-refractivity contribution in [3.8, 4) is 0 Å². The van der Waals surface area contributed by atoms with Crippen LogP contribution in [0.25, 0.3) is 0 Å². The van der Waals surface area contributed by atoms with Gasteiger partial charge in [0.1, 0.15) is 0 Å². The summed E-state index contributed by atoms with van der Waals surface area (Å²) in [6.45, 7) is 5.84. The van der Waals surface area contributed by atoms with Crippen molar-refractivity contribution in [3.63, 3.8) is 0 Å². The molecule has 1 aromatic rings. The second-order valence-electron chi connectivity index (χ2n) is 4.33. The average molecular weight is 266 g/mol. The summed E-state index contributed by atoms with van der Waals surface area (Å²) in [7, 11) is -2.23. The van der Waals surface area contributed by atoms with Crippen molar-refractivity contribution in [2.75, 3.05) is 6.61 Å². The molecule has 17 heavy (non-hydrogen) atoms. The fraction of sp³-hybridized carbons (Fsp3) is 0.455. The molecule has 1 rings (SSSR count). The Kier molecular flexibility index (Phi) is 4.32. The molecule has 0 bridgehead atoms. The van der Waals surface area contributed by atoms with Gasteiger partial charge in [-0.3, -0.25) is 0 Å². The summed E-state index contributed by atoms with van der Waals surface area (Å²) in [5.41, 5.74) is -0.175. The highest BCUT2D eigenvalue weighted by Gasteiger charge is 2.27. The van der Waals surface area contributed by atoms with Crippen LogP contribution in [0.15, 0.2) is 6.07 Å². The standard InChI is InChI=1S/C11H14F4OSi/c1-4-16-17(2,3)6-7-5-8(12)10(14)11(15)9(7)13/h5H,4,6H2,1-3H3. The molecular weight excluding hydrogens is 252 g/mol. The molecule has 0 fully saturated rings. The van der Waals surface area contributed by atoms with E-state index in [0.29, 0.717) is 12.7 Å². The Morgan fingerprint density at radius 2 is 1.65 bits per heavy atom. The van der Waals surface area contributed by atoms with Crippen LogP contribution in [0.2, 0.25) is 13.1 Å². The first-order chi connectivity index (χ1) is 7.78. The molecule has 0 atom stereocenters. The van der Waals surface area contributed by atoms with Gasteiger partial charge in [0, 0.05) is 6.61 Å². The Morgan fingerprint density at radius 3 is 2.18 bits per heavy atom. The van der Waals surface area contributed by atoms with E-state index in [4.69, 9.17) is 4.43 Å². The molecule has 0 amide bonds. The highest BCUT2D eigenvalue weighted by atomic mass is 28.4. The van der Waals surface area contributed by atoms with E-state index >= 15 is 0 Å². The summed E-state index contributed by atoms with van der Waals surface area (Å²) < 4.78 is 57.5.